The number of benzene rings is 2. The maximum atomic E-state index is 14.4. The molecule has 2 bridgehead atoms. The molecule has 0 amide bonds. The molecule has 0 fully saturated rings. The first kappa shape index (κ1) is 17.3. The molecule has 3 heterocycles. The Labute approximate surface area is 167 Å². The van der Waals surface area contributed by atoms with Crippen LogP contribution in [-0.2, 0) is 0 Å². The Bertz CT molecular complexity index is 1170. The molecule has 28 heavy (non-hydrogen) atoms. The van der Waals surface area contributed by atoms with E-state index in [1.807, 2.05) is 30.3 Å². The summed E-state index contributed by atoms with van der Waals surface area (Å²) in [5.41, 5.74) is 10.4. The number of ether oxygens (including phenoxy) is 1. The standard InChI is InChI=1S/C22H19ClFN3O/c1-11(2)21(24)28-19-5-3-4-14-20(19)18-10-15(26-22(14)25)17-8-12-6-7-13(23)9-16(12)27(17)18/h3-9,15,18,21H,1,10H2,2H3,(H2,25,26)/t15?,18-,21?/m0/s1. The summed E-state index contributed by atoms with van der Waals surface area (Å²) >= 11 is 6.27. The number of nitrogens with two attached hydrogens (primary N) is 1. The van der Waals surface area contributed by atoms with Crippen molar-refractivity contribution in [1.82, 2.24) is 4.57 Å². The third-order valence-corrected chi connectivity index (χ3v) is 5.76. The maximum absolute atomic E-state index is 14.4. The fourth-order valence-corrected chi connectivity index (χ4v) is 4.45. The lowest BCUT2D eigenvalue weighted by molar-refractivity contribution is 0.101. The Balaban J connectivity index is 1.76. The quantitative estimate of drug-likeness (QED) is 0.612. The molecule has 0 saturated heterocycles. The van der Waals surface area contributed by atoms with Gasteiger partial charge in [0.15, 0.2) is 0 Å². The summed E-state index contributed by atoms with van der Waals surface area (Å²) in [5, 5.41) is 1.77. The van der Waals surface area contributed by atoms with Crippen molar-refractivity contribution in [3.8, 4) is 5.75 Å². The smallest absolute Gasteiger partial charge is 0.259 e. The molecule has 4 nitrogen and oxygen atoms in total. The number of rotatable bonds is 3. The molecule has 2 unspecified atom stereocenters. The minimum absolute atomic E-state index is 0.0567. The van der Waals surface area contributed by atoms with Crippen LogP contribution in [0.4, 0.5) is 4.39 Å². The molecule has 0 aliphatic carbocycles. The average molecular weight is 396 g/mol. The van der Waals surface area contributed by atoms with Crippen LogP contribution in [0.2, 0.25) is 5.02 Å². The van der Waals surface area contributed by atoms with Crippen molar-refractivity contribution in [2.75, 3.05) is 0 Å². The highest BCUT2D eigenvalue weighted by Crippen LogP contribution is 2.49. The molecule has 3 atom stereocenters. The van der Waals surface area contributed by atoms with Crippen molar-refractivity contribution < 1.29 is 9.13 Å². The number of nitrogens with zero attached hydrogens (tertiary/aromatic N) is 2. The van der Waals surface area contributed by atoms with Crippen LogP contribution >= 0.6 is 11.6 Å². The number of aliphatic imine (C=N–C) groups is 1. The van der Waals surface area contributed by atoms with Gasteiger partial charge in [0, 0.05) is 33.7 Å². The van der Waals surface area contributed by atoms with E-state index in [9.17, 15) is 4.39 Å². The molecule has 0 spiro atoms. The summed E-state index contributed by atoms with van der Waals surface area (Å²) in [5.74, 6) is 0.918. The van der Waals surface area contributed by atoms with Crippen LogP contribution in [0, 0.1) is 0 Å². The van der Waals surface area contributed by atoms with Crippen LogP contribution in [-0.4, -0.2) is 16.8 Å². The van der Waals surface area contributed by atoms with Crippen LogP contribution in [0.3, 0.4) is 0 Å². The molecule has 2 N–H and O–H groups in total. The van der Waals surface area contributed by atoms with E-state index in [1.54, 1.807) is 13.0 Å². The summed E-state index contributed by atoms with van der Waals surface area (Å²) in [7, 11) is 0. The summed E-state index contributed by atoms with van der Waals surface area (Å²) in [6, 6.07) is 13.3. The van der Waals surface area contributed by atoms with E-state index in [0.29, 0.717) is 22.2 Å². The van der Waals surface area contributed by atoms with E-state index in [2.05, 4.69) is 17.2 Å². The Morgan fingerprint density at radius 2 is 2.18 bits per heavy atom. The Morgan fingerprint density at radius 3 is 2.96 bits per heavy atom. The van der Waals surface area contributed by atoms with Crippen LogP contribution in [0.5, 0.6) is 5.75 Å². The van der Waals surface area contributed by atoms with Gasteiger partial charge in [0.1, 0.15) is 11.6 Å². The molecular formula is C22H19ClFN3O. The van der Waals surface area contributed by atoms with Crippen molar-refractivity contribution in [3.63, 3.8) is 0 Å². The zero-order valence-electron chi connectivity index (χ0n) is 15.3. The molecule has 3 aromatic rings. The molecule has 2 aliphatic heterocycles. The van der Waals surface area contributed by atoms with E-state index in [4.69, 9.17) is 27.1 Å². The average Bonchev–Trinajstić information content (AvgIpc) is 3.14. The second-order valence-corrected chi connectivity index (χ2v) is 7.86. The number of halogens is 2. The van der Waals surface area contributed by atoms with E-state index in [0.717, 1.165) is 34.1 Å². The molecule has 2 aromatic carbocycles. The highest BCUT2D eigenvalue weighted by molar-refractivity contribution is 6.31. The van der Waals surface area contributed by atoms with Crippen LogP contribution in [0.1, 0.15) is 42.2 Å². The first-order valence-electron chi connectivity index (χ1n) is 9.17. The maximum Gasteiger partial charge on any atom is 0.259 e. The van der Waals surface area contributed by atoms with E-state index in [1.165, 1.54) is 0 Å². The van der Waals surface area contributed by atoms with Gasteiger partial charge in [0.25, 0.3) is 6.36 Å². The number of aromatic nitrogens is 1. The minimum Gasteiger partial charge on any atom is -0.456 e. The van der Waals surface area contributed by atoms with Crippen LogP contribution in [0.25, 0.3) is 10.9 Å². The van der Waals surface area contributed by atoms with Gasteiger partial charge < -0.3 is 15.0 Å². The van der Waals surface area contributed by atoms with Crippen LogP contribution in [0.15, 0.2) is 59.6 Å². The lowest BCUT2D eigenvalue weighted by atomic mass is 9.96. The van der Waals surface area contributed by atoms with Crippen molar-refractivity contribution in [3.05, 3.63) is 76.5 Å². The highest BCUT2D eigenvalue weighted by Gasteiger charge is 2.39. The molecular weight excluding hydrogens is 377 g/mol. The fraction of sp³-hybridized carbons (Fsp3) is 0.227. The van der Waals surface area contributed by atoms with Crippen molar-refractivity contribution in [2.24, 2.45) is 10.7 Å². The van der Waals surface area contributed by atoms with Gasteiger partial charge >= 0.3 is 0 Å². The lowest BCUT2D eigenvalue weighted by Gasteiger charge is -2.23. The Kier molecular flexibility index (Phi) is 3.78. The lowest BCUT2D eigenvalue weighted by Crippen LogP contribution is -2.21. The van der Waals surface area contributed by atoms with E-state index in [-0.39, 0.29) is 12.1 Å². The third-order valence-electron chi connectivity index (χ3n) is 5.52. The van der Waals surface area contributed by atoms with Gasteiger partial charge in [-0.15, -0.1) is 0 Å². The predicted molar refractivity (Wildman–Crippen MR) is 110 cm³/mol. The SMILES string of the molecule is C=C(C)C(F)Oc1cccc2c1[C@@H]1CC(N=C2N)c2cc3ccc(Cl)cc3n21. The first-order chi connectivity index (χ1) is 13.4. The number of alkyl halides is 1. The monoisotopic (exact) mass is 395 g/mol. The van der Waals surface area contributed by atoms with Crippen molar-refractivity contribution in [2.45, 2.75) is 31.8 Å². The Morgan fingerprint density at radius 1 is 1.36 bits per heavy atom. The fourth-order valence-electron chi connectivity index (χ4n) is 4.29. The second kappa shape index (κ2) is 6.11. The molecule has 0 radical (unpaired) electrons. The largest absolute Gasteiger partial charge is 0.456 e. The highest BCUT2D eigenvalue weighted by atomic mass is 35.5. The van der Waals surface area contributed by atoms with Gasteiger partial charge in [-0.3, -0.25) is 4.99 Å². The van der Waals surface area contributed by atoms with Gasteiger partial charge in [-0.25, -0.2) is 0 Å². The summed E-state index contributed by atoms with van der Waals surface area (Å²) in [6.07, 6.45) is -0.837. The number of amidine groups is 1. The predicted octanol–water partition coefficient (Wildman–Crippen LogP) is 5.30. The third kappa shape index (κ3) is 2.46. The zero-order chi connectivity index (χ0) is 19.6. The first-order valence-corrected chi connectivity index (χ1v) is 9.55. The molecule has 142 valence electrons. The number of fused-ring (bicyclic) bond motifs is 9. The molecule has 2 aliphatic rings. The van der Waals surface area contributed by atoms with Gasteiger partial charge in [0.2, 0.25) is 0 Å². The molecule has 5 rings (SSSR count). The van der Waals surface area contributed by atoms with Crippen LogP contribution < -0.4 is 10.5 Å². The van der Waals surface area contributed by atoms with E-state index < -0.39 is 6.36 Å². The summed E-state index contributed by atoms with van der Waals surface area (Å²) < 4.78 is 22.2. The minimum atomic E-state index is -1.58. The van der Waals surface area contributed by atoms with Gasteiger partial charge in [-0.2, -0.15) is 4.39 Å². The van der Waals surface area contributed by atoms with E-state index >= 15 is 0 Å². The number of hydrogen-bond acceptors (Lipinski definition) is 3. The summed E-state index contributed by atoms with van der Waals surface area (Å²) in [4.78, 5) is 4.77. The zero-order valence-corrected chi connectivity index (χ0v) is 16.1. The normalized spacial score (nSPS) is 20.9. The molecule has 0 saturated carbocycles. The van der Waals surface area contributed by atoms with Gasteiger partial charge in [0.05, 0.1) is 17.6 Å². The molecule has 1 aromatic heterocycles. The number of hydrogen-bond donors (Lipinski definition) is 1. The summed E-state index contributed by atoms with van der Waals surface area (Å²) in [6.45, 7) is 5.26. The van der Waals surface area contributed by atoms with Gasteiger partial charge in [-0.1, -0.05) is 36.4 Å². The van der Waals surface area contributed by atoms with Crippen molar-refractivity contribution >= 4 is 28.3 Å². The topological polar surface area (TPSA) is 52.5 Å². The molecule has 6 heteroatoms. The second-order valence-electron chi connectivity index (χ2n) is 7.42. The van der Waals surface area contributed by atoms with Gasteiger partial charge in [-0.05, 0) is 36.8 Å². The Hall–Kier alpha value is -2.79. The van der Waals surface area contributed by atoms with Crippen molar-refractivity contribution in [1.29, 1.82) is 0 Å².